The first-order chi connectivity index (χ1) is 11.8. The number of carbonyl (C=O) groups excluding carboxylic acids is 1. The van der Waals surface area contributed by atoms with Gasteiger partial charge in [-0.2, -0.15) is 0 Å². The molecule has 1 aliphatic carbocycles. The maximum absolute atomic E-state index is 12.3. The number of nitrogens with one attached hydrogen (secondary N) is 1. The van der Waals surface area contributed by atoms with Gasteiger partial charge in [-0.3, -0.25) is 4.79 Å². The van der Waals surface area contributed by atoms with Crippen LogP contribution in [0, 0.1) is 5.41 Å². The van der Waals surface area contributed by atoms with Crippen molar-refractivity contribution in [3.8, 4) is 0 Å². The third-order valence-corrected chi connectivity index (χ3v) is 6.33. The van der Waals surface area contributed by atoms with Crippen LogP contribution in [0.2, 0.25) is 0 Å². The number of carboxylic acid groups (broad SMARTS) is 1. The Hall–Kier alpha value is -1.40. The van der Waals surface area contributed by atoms with Gasteiger partial charge in [-0.15, -0.1) is 11.3 Å². The summed E-state index contributed by atoms with van der Waals surface area (Å²) in [5, 5.41) is 14.6. The summed E-state index contributed by atoms with van der Waals surface area (Å²) in [6, 6.07) is 4.18. The summed E-state index contributed by atoms with van der Waals surface area (Å²) in [7, 11) is 0. The van der Waals surface area contributed by atoms with Gasteiger partial charge in [0.15, 0.2) is 0 Å². The van der Waals surface area contributed by atoms with Crippen molar-refractivity contribution in [2.45, 2.75) is 70.9 Å². The zero-order valence-corrected chi connectivity index (χ0v) is 16.2. The van der Waals surface area contributed by atoms with E-state index in [0.717, 1.165) is 25.7 Å². The molecule has 0 radical (unpaired) electrons. The molecule has 0 aromatic carbocycles. The van der Waals surface area contributed by atoms with E-state index in [1.807, 2.05) is 20.8 Å². The van der Waals surface area contributed by atoms with Gasteiger partial charge in [0.2, 0.25) is 5.91 Å². The van der Waals surface area contributed by atoms with Gasteiger partial charge in [-0.1, -0.05) is 26.3 Å². The highest BCUT2D eigenvalue weighted by molar-refractivity contribution is 7.09. The molecule has 2 atom stereocenters. The normalized spacial score (nSPS) is 24.5. The number of thiophene rings is 1. The molecule has 1 fully saturated rings. The van der Waals surface area contributed by atoms with Crippen molar-refractivity contribution in [1.82, 2.24) is 5.32 Å². The average Bonchev–Trinajstić information content (AvgIpc) is 3.06. The average molecular weight is 368 g/mol. The molecule has 1 amide bonds. The number of carboxylic acids is 1. The molecule has 6 heteroatoms. The summed E-state index contributed by atoms with van der Waals surface area (Å²) in [5.41, 5.74) is -1.84. The maximum atomic E-state index is 12.3. The predicted molar refractivity (Wildman–Crippen MR) is 98.8 cm³/mol. The summed E-state index contributed by atoms with van der Waals surface area (Å²) < 4.78 is 5.61. The molecule has 1 aliphatic rings. The number of ether oxygens (including phenoxy) is 1. The van der Waals surface area contributed by atoms with Crippen LogP contribution in [0.15, 0.2) is 17.5 Å². The zero-order chi connectivity index (χ0) is 18.5. The van der Waals surface area contributed by atoms with Crippen molar-refractivity contribution in [2.24, 2.45) is 5.41 Å². The second-order valence-electron chi connectivity index (χ2n) is 7.27. The Morgan fingerprint density at radius 3 is 2.68 bits per heavy atom. The highest BCUT2D eigenvalue weighted by Crippen LogP contribution is 2.51. The van der Waals surface area contributed by atoms with Crippen molar-refractivity contribution >= 4 is 23.2 Å². The minimum atomic E-state index is -1.22. The van der Waals surface area contributed by atoms with Crippen LogP contribution in [0.1, 0.15) is 57.8 Å². The maximum Gasteiger partial charge on any atom is 0.330 e. The molecular formula is C19H29NO4S. The van der Waals surface area contributed by atoms with Crippen LogP contribution in [0.25, 0.3) is 0 Å². The van der Waals surface area contributed by atoms with E-state index in [1.165, 1.54) is 4.88 Å². The molecule has 0 saturated heterocycles. The SMILES string of the molecule is CCOC1CC(NC(=O)CCCCCc2cccs2)(C(=O)O)C1(C)C. The Kier molecular flexibility index (Phi) is 6.63. The van der Waals surface area contributed by atoms with Crippen LogP contribution in [-0.2, 0) is 20.7 Å². The number of hydrogen-bond acceptors (Lipinski definition) is 4. The summed E-state index contributed by atoms with van der Waals surface area (Å²) in [6.07, 6.45) is 4.40. The van der Waals surface area contributed by atoms with Crippen LogP contribution in [0.5, 0.6) is 0 Å². The summed E-state index contributed by atoms with van der Waals surface area (Å²) >= 11 is 1.76. The Balaban J connectivity index is 1.78. The second-order valence-corrected chi connectivity index (χ2v) is 8.30. The highest BCUT2D eigenvalue weighted by Gasteiger charge is 2.66. The zero-order valence-electron chi connectivity index (χ0n) is 15.3. The molecule has 2 rings (SSSR count). The molecule has 1 aromatic rings. The van der Waals surface area contributed by atoms with E-state index in [0.29, 0.717) is 19.4 Å². The quantitative estimate of drug-likeness (QED) is 0.619. The van der Waals surface area contributed by atoms with E-state index in [9.17, 15) is 14.7 Å². The minimum Gasteiger partial charge on any atom is -0.479 e. The van der Waals surface area contributed by atoms with Gasteiger partial charge in [-0.05, 0) is 37.6 Å². The van der Waals surface area contributed by atoms with Crippen LogP contribution in [0.3, 0.4) is 0 Å². The first-order valence-electron chi connectivity index (χ1n) is 9.02. The van der Waals surface area contributed by atoms with Crippen molar-refractivity contribution in [3.05, 3.63) is 22.4 Å². The number of unbranched alkanes of at least 4 members (excludes halogenated alkanes) is 2. The number of amides is 1. The standard InChI is InChI=1S/C19H29NO4S/c1-4-24-15-13-19(17(22)23,18(15,2)3)20-16(21)11-7-5-6-9-14-10-8-12-25-14/h8,10,12,15H,4-7,9,11,13H2,1-3H3,(H,20,21)(H,22,23). The number of rotatable bonds is 10. The van der Waals surface area contributed by atoms with Gasteiger partial charge < -0.3 is 15.2 Å². The molecule has 5 nitrogen and oxygen atoms in total. The van der Waals surface area contributed by atoms with Crippen LogP contribution in [-0.4, -0.2) is 35.2 Å². The summed E-state index contributed by atoms with van der Waals surface area (Å²) in [6.45, 7) is 6.14. The lowest BCUT2D eigenvalue weighted by molar-refractivity contribution is -0.194. The van der Waals surface area contributed by atoms with Crippen LogP contribution >= 0.6 is 11.3 Å². The van der Waals surface area contributed by atoms with E-state index < -0.39 is 16.9 Å². The lowest BCUT2D eigenvalue weighted by atomic mass is 9.54. The van der Waals surface area contributed by atoms with Crippen molar-refractivity contribution < 1.29 is 19.4 Å². The topological polar surface area (TPSA) is 75.6 Å². The van der Waals surface area contributed by atoms with E-state index in [1.54, 1.807) is 11.3 Å². The molecule has 25 heavy (non-hydrogen) atoms. The number of carbonyl (C=O) groups is 2. The summed E-state index contributed by atoms with van der Waals surface area (Å²) in [5.74, 6) is -1.15. The highest BCUT2D eigenvalue weighted by atomic mass is 32.1. The van der Waals surface area contributed by atoms with E-state index >= 15 is 0 Å². The molecular weight excluding hydrogens is 338 g/mol. The Morgan fingerprint density at radius 1 is 1.36 bits per heavy atom. The van der Waals surface area contributed by atoms with Crippen molar-refractivity contribution in [2.75, 3.05) is 6.61 Å². The number of hydrogen-bond donors (Lipinski definition) is 2. The van der Waals surface area contributed by atoms with E-state index in [2.05, 4.69) is 22.8 Å². The summed E-state index contributed by atoms with van der Waals surface area (Å²) in [4.78, 5) is 25.5. The lowest BCUT2D eigenvalue weighted by Crippen LogP contribution is -2.76. The van der Waals surface area contributed by atoms with Gasteiger partial charge in [0.1, 0.15) is 5.54 Å². The monoisotopic (exact) mass is 367 g/mol. The van der Waals surface area contributed by atoms with Gasteiger partial charge in [0.25, 0.3) is 0 Å². The molecule has 1 heterocycles. The number of aliphatic carboxylic acids is 1. The second kappa shape index (κ2) is 8.32. The van der Waals surface area contributed by atoms with Crippen molar-refractivity contribution in [1.29, 1.82) is 0 Å². The fourth-order valence-corrected chi connectivity index (χ4v) is 4.31. The fraction of sp³-hybridized carbons (Fsp3) is 0.684. The van der Waals surface area contributed by atoms with Crippen molar-refractivity contribution in [3.63, 3.8) is 0 Å². The van der Waals surface area contributed by atoms with E-state index in [-0.39, 0.29) is 12.0 Å². The van der Waals surface area contributed by atoms with Gasteiger partial charge in [0.05, 0.1) is 6.10 Å². The molecule has 1 aromatic heterocycles. The van der Waals surface area contributed by atoms with Crippen LogP contribution in [0.4, 0.5) is 0 Å². The van der Waals surface area contributed by atoms with Gasteiger partial charge >= 0.3 is 5.97 Å². The molecule has 0 spiro atoms. The van der Waals surface area contributed by atoms with Gasteiger partial charge in [0, 0.05) is 29.7 Å². The first kappa shape index (κ1) is 19.9. The third kappa shape index (κ3) is 4.23. The predicted octanol–water partition coefficient (Wildman–Crippen LogP) is 3.63. The smallest absolute Gasteiger partial charge is 0.330 e. The Morgan fingerprint density at radius 2 is 2.12 bits per heavy atom. The molecule has 140 valence electrons. The molecule has 0 aliphatic heterocycles. The minimum absolute atomic E-state index is 0.139. The number of aryl methyl sites for hydroxylation is 1. The molecule has 0 bridgehead atoms. The first-order valence-corrected chi connectivity index (χ1v) is 9.90. The molecule has 2 unspecified atom stereocenters. The third-order valence-electron chi connectivity index (χ3n) is 5.39. The molecule has 1 saturated carbocycles. The Labute approximate surface area is 153 Å². The lowest BCUT2D eigenvalue weighted by Gasteiger charge is -2.58. The Bertz CT molecular complexity index is 584. The molecule has 2 N–H and O–H groups in total. The van der Waals surface area contributed by atoms with E-state index in [4.69, 9.17) is 4.74 Å². The largest absolute Gasteiger partial charge is 0.479 e. The van der Waals surface area contributed by atoms with Gasteiger partial charge in [-0.25, -0.2) is 4.79 Å². The fourth-order valence-electron chi connectivity index (χ4n) is 3.55. The van der Waals surface area contributed by atoms with Crippen LogP contribution < -0.4 is 5.32 Å².